The Kier molecular flexibility index (Phi) is 4.48. The van der Waals surface area contributed by atoms with Crippen LogP contribution in [0.3, 0.4) is 0 Å². The summed E-state index contributed by atoms with van der Waals surface area (Å²) >= 11 is 6.04. The van der Waals surface area contributed by atoms with Gasteiger partial charge >= 0.3 is 0 Å². The van der Waals surface area contributed by atoms with Gasteiger partial charge in [0, 0.05) is 50.6 Å². The van der Waals surface area contributed by atoms with Crippen molar-refractivity contribution in [3.8, 4) is 0 Å². The first-order valence-electron chi connectivity index (χ1n) is 7.46. The minimum atomic E-state index is 0.146. The lowest BCUT2D eigenvalue weighted by Gasteiger charge is -2.22. The Morgan fingerprint density at radius 3 is 3.00 bits per heavy atom. The first kappa shape index (κ1) is 14.8. The van der Waals surface area contributed by atoms with E-state index in [2.05, 4.69) is 11.0 Å². The summed E-state index contributed by atoms with van der Waals surface area (Å²) in [7, 11) is 0. The van der Waals surface area contributed by atoms with E-state index in [1.165, 1.54) is 5.56 Å². The fraction of sp³-hybridized carbons (Fsp3) is 0.562. The Hall–Kier alpha value is -1.10. The smallest absolute Gasteiger partial charge is 0.219 e. The maximum absolute atomic E-state index is 11.6. The van der Waals surface area contributed by atoms with E-state index < -0.39 is 0 Å². The molecule has 1 aromatic rings. The molecule has 2 heterocycles. The molecule has 2 aliphatic rings. The number of hydrogen-bond donors (Lipinski definition) is 0. The first-order valence-corrected chi connectivity index (χ1v) is 7.83. The molecule has 1 aromatic carbocycles. The number of benzene rings is 1. The van der Waals surface area contributed by atoms with Crippen molar-refractivity contribution in [3.05, 3.63) is 34.9 Å². The van der Waals surface area contributed by atoms with Crippen molar-refractivity contribution in [1.82, 2.24) is 9.80 Å². The van der Waals surface area contributed by atoms with Gasteiger partial charge < -0.3 is 9.64 Å². The third-order valence-corrected chi connectivity index (χ3v) is 4.58. The van der Waals surface area contributed by atoms with Gasteiger partial charge in [0.1, 0.15) is 0 Å². The monoisotopic (exact) mass is 308 g/mol. The molecule has 21 heavy (non-hydrogen) atoms. The number of nitrogens with zero attached hydrogens (tertiary/aromatic N) is 2. The van der Waals surface area contributed by atoms with Gasteiger partial charge in [-0.25, -0.2) is 0 Å². The molecule has 3 rings (SSSR count). The fourth-order valence-corrected chi connectivity index (χ4v) is 3.50. The Bertz CT molecular complexity index is 523. The van der Waals surface area contributed by atoms with Crippen LogP contribution in [0.25, 0.3) is 0 Å². The van der Waals surface area contributed by atoms with Gasteiger partial charge in [-0.05, 0) is 17.7 Å². The Balaban J connectivity index is 1.63. The number of halogens is 1. The molecule has 0 aromatic heterocycles. The van der Waals surface area contributed by atoms with Crippen molar-refractivity contribution in [2.75, 3.05) is 32.8 Å². The normalized spacial score (nSPS) is 26.5. The van der Waals surface area contributed by atoms with Crippen molar-refractivity contribution in [2.45, 2.75) is 19.6 Å². The number of likely N-dealkylation sites (tertiary alicyclic amines) is 1. The molecule has 0 unspecified atom stereocenters. The maximum atomic E-state index is 11.6. The molecular formula is C16H21ClN2O2. The lowest BCUT2D eigenvalue weighted by molar-refractivity contribution is -0.129. The summed E-state index contributed by atoms with van der Waals surface area (Å²) in [5.41, 5.74) is 1.22. The summed E-state index contributed by atoms with van der Waals surface area (Å²) in [6.07, 6.45) is 0.244. The number of carbonyl (C=O) groups is 1. The predicted octanol–water partition coefficient (Wildman–Crippen LogP) is 2.02. The Labute approximate surface area is 130 Å². The van der Waals surface area contributed by atoms with Gasteiger partial charge in [-0.1, -0.05) is 23.7 Å². The number of hydrogen-bond acceptors (Lipinski definition) is 3. The van der Waals surface area contributed by atoms with Crippen LogP contribution in [0.4, 0.5) is 0 Å². The minimum Gasteiger partial charge on any atom is -0.375 e. The van der Waals surface area contributed by atoms with Crippen LogP contribution >= 0.6 is 11.6 Å². The zero-order valence-corrected chi connectivity index (χ0v) is 13.1. The van der Waals surface area contributed by atoms with Crippen LogP contribution in [0.15, 0.2) is 24.3 Å². The van der Waals surface area contributed by atoms with Crippen LogP contribution in [0.5, 0.6) is 0 Å². The quantitative estimate of drug-likeness (QED) is 0.838. The fourth-order valence-electron chi connectivity index (χ4n) is 3.29. The van der Waals surface area contributed by atoms with E-state index in [-0.39, 0.29) is 12.0 Å². The zero-order valence-electron chi connectivity index (χ0n) is 12.3. The average Bonchev–Trinajstić information content (AvgIpc) is 2.68. The second-order valence-electron chi connectivity index (χ2n) is 5.96. The molecule has 2 fully saturated rings. The van der Waals surface area contributed by atoms with E-state index in [9.17, 15) is 4.79 Å². The van der Waals surface area contributed by atoms with Crippen LogP contribution < -0.4 is 0 Å². The maximum Gasteiger partial charge on any atom is 0.219 e. The summed E-state index contributed by atoms with van der Waals surface area (Å²) in [6, 6.07) is 7.99. The van der Waals surface area contributed by atoms with E-state index in [4.69, 9.17) is 16.3 Å². The van der Waals surface area contributed by atoms with Crippen LogP contribution in [0, 0.1) is 5.92 Å². The standard InChI is InChI=1S/C16H21ClN2O2/c1-12(20)19-5-6-21-16-11-18(9-14(16)10-19)8-13-3-2-4-15(17)7-13/h2-4,7,14,16H,5-6,8-11H2,1H3/t14-,16-/m1/s1. The van der Waals surface area contributed by atoms with Crippen LogP contribution in [0.2, 0.25) is 5.02 Å². The molecule has 4 nitrogen and oxygen atoms in total. The second kappa shape index (κ2) is 6.34. The molecule has 114 valence electrons. The van der Waals surface area contributed by atoms with Gasteiger partial charge in [-0.15, -0.1) is 0 Å². The topological polar surface area (TPSA) is 32.8 Å². The Morgan fingerprint density at radius 2 is 2.24 bits per heavy atom. The molecule has 0 spiro atoms. The molecule has 0 N–H and O–H groups in total. The Morgan fingerprint density at radius 1 is 1.38 bits per heavy atom. The van der Waals surface area contributed by atoms with Crippen LogP contribution in [-0.4, -0.2) is 54.6 Å². The highest BCUT2D eigenvalue weighted by atomic mass is 35.5. The molecule has 0 aliphatic carbocycles. The lowest BCUT2D eigenvalue weighted by atomic mass is 10.1. The van der Waals surface area contributed by atoms with Gasteiger partial charge in [-0.2, -0.15) is 0 Å². The van der Waals surface area contributed by atoms with Crippen molar-refractivity contribution in [1.29, 1.82) is 0 Å². The minimum absolute atomic E-state index is 0.146. The van der Waals surface area contributed by atoms with Gasteiger partial charge in [0.05, 0.1) is 12.7 Å². The molecule has 2 aliphatic heterocycles. The van der Waals surface area contributed by atoms with Gasteiger partial charge in [0.25, 0.3) is 0 Å². The molecule has 0 bridgehead atoms. The lowest BCUT2D eigenvalue weighted by Crippen LogP contribution is -2.35. The molecular weight excluding hydrogens is 288 g/mol. The molecule has 5 heteroatoms. The average molecular weight is 309 g/mol. The molecule has 0 radical (unpaired) electrons. The van der Waals surface area contributed by atoms with E-state index in [0.29, 0.717) is 12.5 Å². The van der Waals surface area contributed by atoms with Crippen molar-refractivity contribution < 1.29 is 9.53 Å². The second-order valence-corrected chi connectivity index (χ2v) is 6.39. The third kappa shape index (κ3) is 3.57. The number of fused-ring (bicyclic) bond motifs is 1. The van der Waals surface area contributed by atoms with E-state index in [0.717, 1.165) is 37.7 Å². The van der Waals surface area contributed by atoms with Gasteiger partial charge in [0.15, 0.2) is 0 Å². The first-order chi connectivity index (χ1) is 10.1. The van der Waals surface area contributed by atoms with E-state index in [1.807, 2.05) is 23.1 Å². The van der Waals surface area contributed by atoms with E-state index in [1.54, 1.807) is 6.92 Å². The molecule has 0 saturated carbocycles. The van der Waals surface area contributed by atoms with Crippen molar-refractivity contribution in [2.24, 2.45) is 5.92 Å². The third-order valence-electron chi connectivity index (χ3n) is 4.35. The summed E-state index contributed by atoms with van der Waals surface area (Å²) in [5, 5.41) is 0.778. The van der Waals surface area contributed by atoms with Crippen molar-refractivity contribution >= 4 is 17.5 Å². The highest BCUT2D eigenvalue weighted by molar-refractivity contribution is 6.30. The molecule has 1 amide bonds. The van der Waals surface area contributed by atoms with Gasteiger partial charge in [-0.3, -0.25) is 9.69 Å². The molecule has 2 saturated heterocycles. The summed E-state index contributed by atoms with van der Waals surface area (Å²) in [5.74, 6) is 0.558. The number of carbonyl (C=O) groups excluding carboxylic acids is 1. The van der Waals surface area contributed by atoms with Crippen molar-refractivity contribution in [3.63, 3.8) is 0 Å². The number of amides is 1. The predicted molar refractivity (Wildman–Crippen MR) is 82.2 cm³/mol. The van der Waals surface area contributed by atoms with Gasteiger partial charge in [0.2, 0.25) is 5.91 Å². The highest BCUT2D eigenvalue weighted by Gasteiger charge is 2.36. The summed E-state index contributed by atoms with van der Waals surface area (Å²) < 4.78 is 5.94. The largest absolute Gasteiger partial charge is 0.375 e. The summed E-state index contributed by atoms with van der Waals surface area (Å²) in [4.78, 5) is 15.9. The van der Waals surface area contributed by atoms with Crippen LogP contribution in [0.1, 0.15) is 12.5 Å². The number of rotatable bonds is 2. The summed E-state index contributed by atoms with van der Waals surface area (Å²) in [6.45, 7) is 6.61. The highest BCUT2D eigenvalue weighted by Crippen LogP contribution is 2.25. The SMILES string of the molecule is CC(=O)N1CCO[C@@H]2CN(Cc3cccc(Cl)c3)C[C@@H]2C1. The van der Waals surface area contributed by atoms with Crippen LogP contribution in [-0.2, 0) is 16.1 Å². The molecule has 2 atom stereocenters. The number of ether oxygens (including phenoxy) is 1. The van der Waals surface area contributed by atoms with E-state index >= 15 is 0 Å². The zero-order chi connectivity index (χ0) is 14.8.